The molecule has 1 aliphatic heterocycles. The Morgan fingerprint density at radius 1 is 1.23 bits per heavy atom. The molecule has 3 heteroatoms. The first-order valence-corrected chi connectivity index (χ1v) is 7.28. The summed E-state index contributed by atoms with van der Waals surface area (Å²) in [5.74, 6) is 0. The highest BCUT2D eigenvalue weighted by Gasteiger charge is 2.50. The molecule has 1 heterocycles. The average molecular weight is 202 g/mol. The largest absolute Gasteiger partial charge is 0.397 e. The highest BCUT2D eigenvalue weighted by molar-refractivity contribution is 6.70. The monoisotopic (exact) mass is 202 g/mol. The molecule has 0 bridgehead atoms. The van der Waals surface area contributed by atoms with Gasteiger partial charge in [0.1, 0.15) is 0 Å². The highest BCUT2D eigenvalue weighted by Crippen LogP contribution is 2.46. The predicted octanol–water partition coefficient (Wildman–Crippen LogP) is 3.08. The zero-order valence-corrected chi connectivity index (χ0v) is 10.3. The van der Waals surface area contributed by atoms with Crippen LogP contribution < -0.4 is 0 Å². The third-order valence-electron chi connectivity index (χ3n) is 3.58. The fraction of sp³-hybridized carbons (Fsp3) is 1.00. The lowest BCUT2D eigenvalue weighted by Crippen LogP contribution is -2.50. The van der Waals surface area contributed by atoms with E-state index in [0.29, 0.717) is 11.1 Å². The van der Waals surface area contributed by atoms with Crippen LogP contribution >= 0.6 is 0 Å². The zero-order chi connectivity index (χ0) is 9.90. The van der Waals surface area contributed by atoms with Gasteiger partial charge in [-0.3, -0.25) is 0 Å². The second-order valence-corrected chi connectivity index (χ2v) is 8.13. The third kappa shape index (κ3) is 1.83. The zero-order valence-electron chi connectivity index (χ0n) is 9.30. The summed E-state index contributed by atoms with van der Waals surface area (Å²) in [6.07, 6.45) is 5.14. The van der Waals surface area contributed by atoms with Crippen molar-refractivity contribution in [1.29, 1.82) is 0 Å². The van der Waals surface area contributed by atoms with Crippen LogP contribution in [0.5, 0.6) is 0 Å². The third-order valence-corrected chi connectivity index (χ3v) is 8.35. The molecule has 0 amide bonds. The summed E-state index contributed by atoms with van der Waals surface area (Å²) in [5.41, 5.74) is 1.35. The molecule has 0 saturated carbocycles. The summed E-state index contributed by atoms with van der Waals surface area (Å²) in [7, 11) is 1.80. The smallest absolute Gasteiger partial charge is 0.343 e. The van der Waals surface area contributed by atoms with Crippen molar-refractivity contribution in [2.24, 2.45) is 0 Å². The minimum atomic E-state index is -1.86. The Morgan fingerprint density at radius 3 is 2.23 bits per heavy atom. The Hall–Kier alpha value is 0.137. The van der Waals surface area contributed by atoms with Crippen molar-refractivity contribution in [2.75, 3.05) is 14.2 Å². The number of hydrogen-bond acceptors (Lipinski definition) is 2. The summed E-state index contributed by atoms with van der Waals surface area (Å²) in [6.45, 7) is 4.55. The van der Waals surface area contributed by atoms with Gasteiger partial charge in [-0.2, -0.15) is 0 Å². The van der Waals surface area contributed by atoms with E-state index < -0.39 is 8.56 Å². The van der Waals surface area contributed by atoms with Crippen LogP contribution in [-0.4, -0.2) is 22.8 Å². The Balaban J connectivity index is 2.81. The average Bonchev–Trinajstić information content (AvgIpc) is 2.18. The molecule has 0 spiro atoms. The minimum absolute atomic E-state index is 0.654. The summed E-state index contributed by atoms with van der Waals surface area (Å²) in [6, 6.07) is 0. The van der Waals surface area contributed by atoms with Crippen molar-refractivity contribution in [2.45, 2.75) is 50.6 Å². The lowest BCUT2D eigenvalue weighted by Gasteiger charge is -2.42. The van der Waals surface area contributed by atoms with E-state index in [4.69, 9.17) is 8.85 Å². The van der Waals surface area contributed by atoms with Crippen LogP contribution in [-0.2, 0) is 8.85 Å². The molecule has 0 aromatic rings. The first kappa shape index (κ1) is 11.2. The molecule has 1 aliphatic rings. The van der Waals surface area contributed by atoms with Crippen molar-refractivity contribution in [1.82, 2.24) is 0 Å². The second-order valence-electron chi connectivity index (χ2n) is 4.07. The van der Waals surface area contributed by atoms with Gasteiger partial charge in [-0.15, -0.1) is 0 Å². The summed E-state index contributed by atoms with van der Waals surface area (Å²) < 4.78 is 11.5. The molecule has 78 valence electrons. The van der Waals surface area contributed by atoms with Gasteiger partial charge in [0, 0.05) is 25.3 Å². The molecule has 1 fully saturated rings. The van der Waals surface area contributed by atoms with Crippen LogP contribution in [0.3, 0.4) is 0 Å². The number of rotatable bonds is 3. The molecule has 2 atom stereocenters. The molecular formula is C10H22O2Si. The molecule has 0 aromatic carbocycles. The topological polar surface area (TPSA) is 18.5 Å². The lowest BCUT2D eigenvalue weighted by molar-refractivity contribution is 0.199. The van der Waals surface area contributed by atoms with Gasteiger partial charge < -0.3 is 8.85 Å². The van der Waals surface area contributed by atoms with Crippen LogP contribution in [0.4, 0.5) is 0 Å². The Morgan fingerprint density at radius 2 is 1.85 bits per heavy atom. The Labute approximate surface area is 82.9 Å². The maximum absolute atomic E-state index is 5.76. The SMILES string of the molecule is CCC1CCCC(C)[Si]1(OC)OC. The molecule has 0 aliphatic carbocycles. The Kier molecular flexibility index (Phi) is 3.95. The maximum Gasteiger partial charge on any atom is 0.343 e. The van der Waals surface area contributed by atoms with Crippen LogP contribution in [0, 0.1) is 0 Å². The van der Waals surface area contributed by atoms with E-state index in [-0.39, 0.29) is 0 Å². The number of hydrogen-bond donors (Lipinski definition) is 0. The van der Waals surface area contributed by atoms with Gasteiger partial charge in [0.2, 0.25) is 0 Å². The highest BCUT2D eigenvalue weighted by atomic mass is 28.4. The lowest BCUT2D eigenvalue weighted by atomic mass is 10.1. The van der Waals surface area contributed by atoms with Crippen molar-refractivity contribution in [3.8, 4) is 0 Å². The van der Waals surface area contributed by atoms with Crippen molar-refractivity contribution < 1.29 is 8.85 Å². The van der Waals surface area contributed by atoms with Crippen LogP contribution in [0.25, 0.3) is 0 Å². The van der Waals surface area contributed by atoms with E-state index >= 15 is 0 Å². The van der Waals surface area contributed by atoms with Gasteiger partial charge in [-0.25, -0.2) is 0 Å². The molecular weight excluding hydrogens is 180 g/mol. The first-order valence-electron chi connectivity index (χ1n) is 5.31. The van der Waals surface area contributed by atoms with E-state index in [9.17, 15) is 0 Å². The van der Waals surface area contributed by atoms with Crippen LogP contribution in [0.1, 0.15) is 39.5 Å². The van der Waals surface area contributed by atoms with E-state index in [1.165, 1.54) is 25.7 Å². The van der Waals surface area contributed by atoms with E-state index in [1.807, 2.05) is 14.2 Å². The van der Waals surface area contributed by atoms with Crippen molar-refractivity contribution in [3.63, 3.8) is 0 Å². The molecule has 1 saturated heterocycles. The predicted molar refractivity (Wildman–Crippen MR) is 57.1 cm³/mol. The van der Waals surface area contributed by atoms with Crippen LogP contribution in [0.2, 0.25) is 11.1 Å². The molecule has 13 heavy (non-hydrogen) atoms. The second kappa shape index (κ2) is 4.58. The molecule has 0 N–H and O–H groups in total. The van der Waals surface area contributed by atoms with Crippen LogP contribution in [0.15, 0.2) is 0 Å². The standard InChI is InChI=1S/C10H22O2Si/c1-5-10-8-6-7-9(2)13(10,11-3)12-4/h9-10H,5-8H2,1-4H3. The van der Waals surface area contributed by atoms with E-state index in [0.717, 1.165) is 0 Å². The molecule has 0 radical (unpaired) electrons. The molecule has 0 aromatic heterocycles. The maximum atomic E-state index is 5.76. The van der Waals surface area contributed by atoms with Crippen molar-refractivity contribution >= 4 is 8.56 Å². The van der Waals surface area contributed by atoms with Gasteiger partial charge in [0.25, 0.3) is 0 Å². The van der Waals surface area contributed by atoms with Crippen molar-refractivity contribution in [3.05, 3.63) is 0 Å². The summed E-state index contributed by atoms with van der Waals surface area (Å²) in [4.78, 5) is 0. The Bertz CT molecular complexity index is 157. The summed E-state index contributed by atoms with van der Waals surface area (Å²) in [5, 5.41) is 0. The molecule has 2 nitrogen and oxygen atoms in total. The van der Waals surface area contributed by atoms with Gasteiger partial charge in [0.05, 0.1) is 0 Å². The quantitative estimate of drug-likeness (QED) is 0.655. The van der Waals surface area contributed by atoms with Gasteiger partial charge in [-0.05, 0) is 12.8 Å². The van der Waals surface area contributed by atoms with Gasteiger partial charge in [0.15, 0.2) is 0 Å². The van der Waals surface area contributed by atoms with E-state index in [1.54, 1.807) is 0 Å². The van der Waals surface area contributed by atoms with Gasteiger partial charge in [-0.1, -0.05) is 26.7 Å². The summed E-state index contributed by atoms with van der Waals surface area (Å²) >= 11 is 0. The van der Waals surface area contributed by atoms with E-state index in [2.05, 4.69) is 13.8 Å². The molecule has 2 unspecified atom stereocenters. The first-order chi connectivity index (χ1) is 6.21. The normalized spacial score (nSPS) is 33.2. The fourth-order valence-electron chi connectivity index (χ4n) is 2.78. The fourth-order valence-corrected chi connectivity index (χ4v) is 7.01. The minimum Gasteiger partial charge on any atom is -0.397 e. The van der Waals surface area contributed by atoms with Gasteiger partial charge >= 0.3 is 8.56 Å². The molecule has 1 rings (SSSR count).